The third-order valence-corrected chi connectivity index (χ3v) is 4.35. The molecule has 0 heterocycles. The maximum absolute atomic E-state index is 3.62. The molecule has 2 rings (SSSR count). The molecule has 0 saturated carbocycles. The summed E-state index contributed by atoms with van der Waals surface area (Å²) in [6, 6.07) is 13.4. The van der Waals surface area contributed by atoms with Crippen LogP contribution in [0.4, 0.5) is 5.69 Å². The van der Waals surface area contributed by atoms with E-state index < -0.39 is 0 Å². The lowest BCUT2D eigenvalue weighted by Crippen LogP contribution is -2.10. The van der Waals surface area contributed by atoms with Crippen molar-refractivity contribution in [1.82, 2.24) is 0 Å². The number of benzene rings is 2. The Morgan fingerprint density at radius 2 is 1.65 bits per heavy atom. The summed E-state index contributed by atoms with van der Waals surface area (Å²) in [7, 11) is 0. The van der Waals surface area contributed by atoms with E-state index in [0.717, 1.165) is 0 Å². The molecule has 0 spiro atoms. The average molecular weight is 285 g/mol. The van der Waals surface area contributed by atoms with E-state index in [-0.39, 0.29) is 0 Å². The van der Waals surface area contributed by atoms with E-state index in [2.05, 4.69) is 75.7 Å². The third-order valence-electron chi connectivity index (χ3n) is 3.62. The van der Waals surface area contributed by atoms with Gasteiger partial charge in [0.2, 0.25) is 0 Å². The molecule has 0 aliphatic carbocycles. The fourth-order valence-electron chi connectivity index (χ4n) is 2.91. The lowest BCUT2D eigenvalue weighted by Gasteiger charge is -2.21. The van der Waals surface area contributed by atoms with E-state index in [1.165, 1.54) is 32.8 Å². The highest BCUT2D eigenvalue weighted by Gasteiger charge is 2.12. The minimum absolute atomic E-state index is 0.313. The first-order valence-corrected chi connectivity index (χ1v) is 8.22. The summed E-state index contributed by atoms with van der Waals surface area (Å²) in [5.41, 5.74) is 6.65. The third kappa shape index (κ3) is 3.37. The van der Waals surface area contributed by atoms with Gasteiger partial charge in [0.1, 0.15) is 0 Å². The summed E-state index contributed by atoms with van der Waals surface area (Å²) in [5, 5.41) is 3.62. The second-order valence-corrected chi connectivity index (χ2v) is 6.29. The molecule has 20 heavy (non-hydrogen) atoms. The van der Waals surface area contributed by atoms with Gasteiger partial charge in [-0.15, -0.1) is 11.8 Å². The van der Waals surface area contributed by atoms with Crippen molar-refractivity contribution in [1.29, 1.82) is 0 Å². The minimum atomic E-state index is 0.313. The smallest absolute Gasteiger partial charge is 0.0490 e. The quantitative estimate of drug-likeness (QED) is 0.744. The number of hydrogen-bond acceptors (Lipinski definition) is 2. The van der Waals surface area contributed by atoms with Gasteiger partial charge < -0.3 is 5.32 Å². The Morgan fingerprint density at radius 1 is 1.00 bits per heavy atom. The Kier molecular flexibility index (Phi) is 4.77. The Hall–Kier alpha value is -1.41. The largest absolute Gasteiger partial charge is 0.378 e. The lowest BCUT2D eigenvalue weighted by molar-refractivity contribution is 0.861. The first kappa shape index (κ1) is 15.0. The molecule has 2 heteroatoms. The van der Waals surface area contributed by atoms with Crippen LogP contribution in [0.1, 0.15) is 35.2 Å². The van der Waals surface area contributed by atoms with Crippen LogP contribution in [-0.4, -0.2) is 6.26 Å². The molecule has 0 aliphatic heterocycles. The van der Waals surface area contributed by atoms with Gasteiger partial charge in [-0.25, -0.2) is 0 Å². The van der Waals surface area contributed by atoms with Crippen LogP contribution in [0.2, 0.25) is 0 Å². The summed E-state index contributed by atoms with van der Waals surface area (Å²) in [6.07, 6.45) is 2.11. The summed E-state index contributed by atoms with van der Waals surface area (Å²) < 4.78 is 0. The molecule has 1 nitrogen and oxygen atoms in total. The molecule has 1 unspecified atom stereocenters. The van der Waals surface area contributed by atoms with Crippen molar-refractivity contribution in [2.75, 3.05) is 11.6 Å². The van der Waals surface area contributed by atoms with Gasteiger partial charge in [0.15, 0.2) is 0 Å². The molecule has 0 fully saturated rings. The Morgan fingerprint density at radius 3 is 2.25 bits per heavy atom. The van der Waals surface area contributed by atoms with Crippen molar-refractivity contribution in [2.24, 2.45) is 0 Å². The molecule has 2 aromatic rings. The topological polar surface area (TPSA) is 12.0 Å². The van der Waals surface area contributed by atoms with Crippen molar-refractivity contribution in [3.05, 3.63) is 58.7 Å². The van der Waals surface area contributed by atoms with Crippen LogP contribution < -0.4 is 5.32 Å². The van der Waals surface area contributed by atoms with E-state index in [9.17, 15) is 0 Å². The molecule has 0 bridgehead atoms. The van der Waals surface area contributed by atoms with Crippen LogP contribution >= 0.6 is 11.8 Å². The molecule has 0 aromatic heterocycles. The molecule has 1 N–H and O–H groups in total. The summed E-state index contributed by atoms with van der Waals surface area (Å²) in [4.78, 5) is 1.29. The summed E-state index contributed by atoms with van der Waals surface area (Å²) >= 11 is 1.77. The zero-order valence-corrected chi connectivity index (χ0v) is 13.8. The predicted octanol–water partition coefficient (Wildman–Crippen LogP) is 5.51. The molecule has 106 valence electrons. The Balaban J connectivity index is 2.26. The molecule has 1 atom stereocenters. The fourth-order valence-corrected chi connectivity index (χ4v) is 3.37. The van der Waals surface area contributed by atoms with Crippen molar-refractivity contribution in [2.45, 2.75) is 38.6 Å². The van der Waals surface area contributed by atoms with E-state index >= 15 is 0 Å². The van der Waals surface area contributed by atoms with Crippen LogP contribution in [0.15, 0.2) is 41.3 Å². The van der Waals surface area contributed by atoms with Gasteiger partial charge in [-0.3, -0.25) is 0 Å². The van der Waals surface area contributed by atoms with Gasteiger partial charge in [0, 0.05) is 16.6 Å². The zero-order chi connectivity index (χ0) is 14.7. The number of rotatable bonds is 4. The molecule has 0 amide bonds. The van der Waals surface area contributed by atoms with E-state index in [4.69, 9.17) is 0 Å². The van der Waals surface area contributed by atoms with Crippen LogP contribution in [0.3, 0.4) is 0 Å². The van der Waals surface area contributed by atoms with Crippen molar-refractivity contribution in [3.63, 3.8) is 0 Å². The second-order valence-electron chi connectivity index (χ2n) is 5.41. The second kappa shape index (κ2) is 6.36. The minimum Gasteiger partial charge on any atom is -0.378 e. The summed E-state index contributed by atoms with van der Waals surface area (Å²) in [5.74, 6) is 0. The van der Waals surface area contributed by atoms with Gasteiger partial charge >= 0.3 is 0 Å². The molecule has 0 aliphatic rings. The number of thioether (sulfide) groups is 1. The SMILES string of the molecule is CSc1cccc(NC(C)c2c(C)cc(C)cc2C)c1. The monoisotopic (exact) mass is 285 g/mol. The van der Waals surface area contributed by atoms with Gasteiger partial charge in [-0.2, -0.15) is 0 Å². The van der Waals surface area contributed by atoms with E-state index in [0.29, 0.717) is 6.04 Å². The van der Waals surface area contributed by atoms with Crippen molar-refractivity contribution in [3.8, 4) is 0 Å². The predicted molar refractivity (Wildman–Crippen MR) is 90.9 cm³/mol. The maximum Gasteiger partial charge on any atom is 0.0490 e. The van der Waals surface area contributed by atoms with E-state index in [1.807, 2.05) is 0 Å². The summed E-state index contributed by atoms with van der Waals surface area (Å²) in [6.45, 7) is 8.79. The van der Waals surface area contributed by atoms with Crippen LogP contribution in [0.25, 0.3) is 0 Å². The Bertz CT molecular complexity index is 581. The van der Waals surface area contributed by atoms with Crippen molar-refractivity contribution < 1.29 is 0 Å². The van der Waals surface area contributed by atoms with Gasteiger partial charge in [0.25, 0.3) is 0 Å². The highest BCUT2D eigenvalue weighted by Crippen LogP contribution is 2.27. The first-order valence-electron chi connectivity index (χ1n) is 6.99. The Labute approximate surface area is 126 Å². The van der Waals surface area contributed by atoms with Crippen LogP contribution in [0, 0.1) is 20.8 Å². The number of anilines is 1. The van der Waals surface area contributed by atoms with Gasteiger partial charge in [0.05, 0.1) is 0 Å². The highest BCUT2D eigenvalue weighted by atomic mass is 32.2. The molecular formula is C18H23NS. The van der Waals surface area contributed by atoms with E-state index in [1.54, 1.807) is 11.8 Å². The fraction of sp³-hybridized carbons (Fsp3) is 0.333. The van der Waals surface area contributed by atoms with Crippen LogP contribution in [-0.2, 0) is 0 Å². The first-order chi connectivity index (χ1) is 9.51. The number of aryl methyl sites for hydroxylation is 3. The maximum atomic E-state index is 3.62. The van der Waals surface area contributed by atoms with Crippen molar-refractivity contribution >= 4 is 17.4 Å². The highest BCUT2D eigenvalue weighted by molar-refractivity contribution is 7.98. The van der Waals surface area contributed by atoms with Gasteiger partial charge in [-0.05, 0) is 68.8 Å². The molecule has 0 saturated heterocycles. The molecular weight excluding hydrogens is 262 g/mol. The van der Waals surface area contributed by atoms with Gasteiger partial charge in [-0.1, -0.05) is 23.8 Å². The number of hydrogen-bond donors (Lipinski definition) is 1. The average Bonchev–Trinajstić information content (AvgIpc) is 2.37. The molecule has 0 radical (unpaired) electrons. The number of nitrogens with one attached hydrogen (secondary N) is 1. The normalized spacial score (nSPS) is 12.2. The standard InChI is InChI=1S/C18H23NS/c1-12-9-13(2)18(14(3)10-12)15(4)19-16-7-6-8-17(11-16)20-5/h6-11,15,19H,1-5H3. The lowest BCUT2D eigenvalue weighted by atomic mass is 9.95. The van der Waals surface area contributed by atoms with Crippen LogP contribution in [0.5, 0.6) is 0 Å². The zero-order valence-electron chi connectivity index (χ0n) is 12.9. The molecule has 2 aromatic carbocycles.